The Hall–Kier alpha value is -1.45. The first-order chi connectivity index (χ1) is 6.40. The lowest BCUT2D eigenvalue weighted by molar-refractivity contribution is 0.0915. The number of amides is 1. The van der Waals surface area contributed by atoms with E-state index in [9.17, 15) is 9.18 Å². The molecule has 1 heterocycles. The van der Waals surface area contributed by atoms with Gasteiger partial charge in [-0.15, -0.1) is 0 Å². The van der Waals surface area contributed by atoms with Crippen LogP contribution in [0.3, 0.4) is 0 Å². The average Bonchev–Trinajstić information content (AvgIpc) is 2.01. The molecule has 0 saturated heterocycles. The fraction of sp³-hybridized carbons (Fsp3) is 0.400. The lowest BCUT2D eigenvalue weighted by atomic mass is 10.1. The van der Waals surface area contributed by atoms with Gasteiger partial charge in [-0.2, -0.15) is 0 Å². The minimum absolute atomic E-state index is 0.0231. The van der Waals surface area contributed by atoms with Crippen molar-refractivity contribution >= 4 is 5.91 Å². The third-order valence-corrected chi connectivity index (χ3v) is 1.51. The predicted molar refractivity (Wildman–Crippen MR) is 51.4 cm³/mol. The predicted octanol–water partition coefficient (Wildman–Crippen LogP) is 1.75. The minimum Gasteiger partial charge on any atom is -0.347 e. The second-order valence-corrected chi connectivity index (χ2v) is 4.06. The Morgan fingerprint density at radius 3 is 2.64 bits per heavy atom. The number of nitrogens with one attached hydrogen (secondary N) is 1. The Bertz CT molecular complexity index is 344. The van der Waals surface area contributed by atoms with Crippen molar-refractivity contribution in [2.24, 2.45) is 0 Å². The van der Waals surface area contributed by atoms with E-state index >= 15 is 0 Å². The molecule has 0 bridgehead atoms. The Balaban J connectivity index is 2.86. The van der Waals surface area contributed by atoms with Crippen molar-refractivity contribution in [3.8, 4) is 0 Å². The van der Waals surface area contributed by atoms with Crippen LogP contribution in [0.1, 0.15) is 31.1 Å². The lowest BCUT2D eigenvalue weighted by Crippen LogP contribution is -2.40. The number of aromatic nitrogens is 1. The molecule has 1 amide bonds. The van der Waals surface area contributed by atoms with Crippen LogP contribution in [0.15, 0.2) is 18.5 Å². The highest BCUT2D eigenvalue weighted by molar-refractivity contribution is 5.94. The molecule has 76 valence electrons. The number of hydrogen-bond acceptors (Lipinski definition) is 2. The molecule has 0 saturated carbocycles. The van der Waals surface area contributed by atoms with Gasteiger partial charge in [0.1, 0.15) is 0 Å². The van der Waals surface area contributed by atoms with Gasteiger partial charge in [0.2, 0.25) is 0 Å². The molecule has 0 aliphatic rings. The summed E-state index contributed by atoms with van der Waals surface area (Å²) in [5, 5.41) is 2.67. The van der Waals surface area contributed by atoms with Gasteiger partial charge in [-0.1, -0.05) is 0 Å². The molecule has 1 aromatic rings. The number of carbonyl (C=O) groups excluding carboxylic acids is 1. The van der Waals surface area contributed by atoms with E-state index < -0.39 is 11.7 Å². The highest BCUT2D eigenvalue weighted by Gasteiger charge is 2.17. The molecule has 1 aromatic heterocycles. The van der Waals surface area contributed by atoms with Crippen LogP contribution < -0.4 is 5.32 Å². The van der Waals surface area contributed by atoms with Gasteiger partial charge in [-0.05, 0) is 26.8 Å². The quantitative estimate of drug-likeness (QED) is 0.743. The number of rotatable bonds is 1. The van der Waals surface area contributed by atoms with Crippen LogP contribution in [-0.2, 0) is 0 Å². The van der Waals surface area contributed by atoms with Gasteiger partial charge in [0.25, 0.3) is 5.91 Å². The third-order valence-electron chi connectivity index (χ3n) is 1.51. The summed E-state index contributed by atoms with van der Waals surface area (Å²) in [5.74, 6) is -1.02. The Morgan fingerprint density at radius 2 is 2.14 bits per heavy atom. The maximum absolute atomic E-state index is 13.1. The van der Waals surface area contributed by atoms with Gasteiger partial charge in [-0.25, -0.2) is 4.39 Å². The second-order valence-electron chi connectivity index (χ2n) is 4.06. The molecule has 0 spiro atoms. The van der Waals surface area contributed by atoms with E-state index in [-0.39, 0.29) is 11.1 Å². The Kier molecular flexibility index (Phi) is 2.84. The fourth-order valence-corrected chi connectivity index (χ4v) is 0.967. The molecule has 0 fully saturated rings. The first-order valence-electron chi connectivity index (χ1n) is 4.32. The maximum atomic E-state index is 13.1. The summed E-state index contributed by atoms with van der Waals surface area (Å²) in [7, 11) is 0. The smallest absolute Gasteiger partial charge is 0.254 e. The highest BCUT2D eigenvalue weighted by atomic mass is 19.1. The van der Waals surface area contributed by atoms with Crippen molar-refractivity contribution < 1.29 is 9.18 Å². The minimum atomic E-state index is -0.603. The first-order valence-corrected chi connectivity index (χ1v) is 4.32. The zero-order valence-corrected chi connectivity index (χ0v) is 8.47. The van der Waals surface area contributed by atoms with Gasteiger partial charge < -0.3 is 5.32 Å². The normalized spacial score (nSPS) is 11.1. The van der Waals surface area contributed by atoms with Gasteiger partial charge in [0.15, 0.2) is 5.82 Å². The molecular formula is C10H13FN2O. The molecule has 14 heavy (non-hydrogen) atoms. The van der Waals surface area contributed by atoms with Gasteiger partial charge >= 0.3 is 0 Å². The Labute approximate surface area is 82.4 Å². The molecule has 0 atom stereocenters. The summed E-state index contributed by atoms with van der Waals surface area (Å²) >= 11 is 0. The SMILES string of the molecule is CC(C)(C)NC(=O)c1ccncc1F. The van der Waals surface area contributed by atoms with Crippen molar-refractivity contribution in [1.29, 1.82) is 0 Å². The zero-order chi connectivity index (χ0) is 10.8. The van der Waals surface area contributed by atoms with Crippen LogP contribution in [0.2, 0.25) is 0 Å². The summed E-state index contributed by atoms with van der Waals surface area (Å²) in [6, 6.07) is 1.36. The van der Waals surface area contributed by atoms with Crippen LogP contribution in [0.25, 0.3) is 0 Å². The highest BCUT2D eigenvalue weighted by Crippen LogP contribution is 2.07. The van der Waals surface area contributed by atoms with Gasteiger partial charge in [-0.3, -0.25) is 9.78 Å². The molecule has 1 N–H and O–H groups in total. The molecule has 0 aromatic carbocycles. The summed E-state index contributed by atoms with van der Waals surface area (Å²) in [6.07, 6.45) is 2.41. The molecule has 0 aliphatic carbocycles. The van der Waals surface area contributed by atoms with Crippen molar-refractivity contribution in [2.45, 2.75) is 26.3 Å². The number of carbonyl (C=O) groups is 1. The van der Waals surface area contributed by atoms with E-state index in [0.29, 0.717) is 0 Å². The van der Waals surface area contributed by atoms with Crippen molar-refractivity contribution in [1.82, 2.24) is 10.3 Å². The van der Waals surface area contributed by atoms with E-state index in [1.165, 1.54) is 12.3 Å². The number of pyridine rings is 1. The second kappa shape index (κ2) is 3.74. The van der Waals surface area contributed by atoms with Crippen molar-refractivity contribution in [2.75, 3.05) is 0 Å². The van der Waals surface area contributed by atoms with Crippen LogP contribution in [-0.4, -0.2) is 16.4 Å². The summed E-state index contributed by atoms with van der Waals surface area (Å²) in [6.45, 7) is 5.51. The average molecular weight is 196 g/mol. The standard InChI is InChI=1S/C10H13FN2O/c1-10(2,3)13-9(14)7-4-5-12-6-8(7)11/h4-6H,1-3H3,(H,13,14). The topological polar surface area (TPSA) is 42.0 Å². The van der Waals surface area contributed by atoms with E-state index in [4.69, 9.17) is 0 Å². The molecule has 1 rings (SSSR count). The van der Waals surface area contributed by atoms with Gasteiger partial charge in [0, 0.05) is 11.7 Å². The van der Waals surface area contributed by atoms with Crippen LogP contribution in [0.5, 0.6) is 0 Å². The van der Waals surface area contributed by atoms with Crippen LogP contribution in [0.4, 0.5) is 4.39 Å². The summed E-state index contributed by atoms with van der Waals surface area (Å²) in [4.78, 5) is 15.1. The first kappa shape index (κ1) is 10.6. The Morgan fingerprint density at radius 1 is 1.50 bits per heavy atom. The third kappa shape index (κ3) is 2.80. The molecule has 4 heteroatoms. The van der Waals surface area contributed by atoms with E-state index in [1.54, 1.807) is 0 Å². The molecule has 0 radical (unpaired) electrons. The van der Waals surface area contributed by atoms with Crippen LogP contribution in [0, 0.1) is 5.82 Å². The molecular weight excluding hydrogens is 183 g/mol. The van der Waals surface area contributed by atoms with E-state index in [0.717, 1.165) is 6.20 Å². The van der Waals surface area contributed by atoms with Crippen molar-refractivity contribution in [3.63, 3.8) is 0 Å². The maximum Gasteiger partial charge on any atom is 0.254 e. The number of halogens is 1. The van der Waals surface area contributed by atoms with E-state index in [2.05, 4.69) is 10.3 Å². The number of hydrogen-bond donors (Lipinski definition) is 1. The molecule has 0 unspecified atom stereocenters. The summed E-state index contributed by atoms with van der Waals surface area (Å²) < 4.78 is 13.1. The zero-order valence-electron chi connectivity index (χ0n) is 8.47. The summed E-state index contributed by atoms with van der Waals surface area (Å²) in [5.41, 5.74) is -0.345. The van der Waals surface area contributed by atoms with Crippen LogP contribution >= 0.6 is 0 Å². The van der Waals surface area contributed by atoms with E-state index in [1.807, 2.05) is 20.8 Å². The van der Waals surface area contributed by atoms with Crippen molar-refractivity contribution in [3.05, 3.63) is 29.8 Å². The molecule has 3 nitrogen and oxygen atoms in total. The van der Waals surface area contributed by atoms with Gasteiger partial charge in [0.05, 0.1) is 11.8 Å². The lowest BCUT2D eigenvalue weighted by Gasteiger charge is -2.20. The largest absolute Gasteiger partial charge is 0.347 e. The fourth-order valence-electron chi connectivity index (χ4n) is 0.967. The number of nitrogens with zero attached hydrogens (tertiary/aromatic N) is 1. The molecule has 0 aliphatic heterocycles. The monoisotopic (exact) mass is 196 g/mol.